The van der Waals surface area contributed by atoms with Crippen molar-refractivity contribution in [3.8, 4) is 11.3 Å². The summed E-state index contributed by atoms with van der Waals surface area (Å²) in [6.45, 7) is 1.71. The molecule has 2 N–H and O–H groups in total. The van der Waals surface area contributed by atoms with Gasteiger partial charge < -0.3 is 4.98 Å². The second-order valence-electron chi connectivity index (χ2n) is 6.57. The lowest BCUT2D eigenvalue weighted by molar-refractivity contribution is -0.0381. The second-order valence-corrected chi connectivity index (χ2v) is 6.57. The quantitative estimate of drug-likeness (QED) is 0.722. The lowest BCUT2D eigenvalue weighted by Gasteiger charge is -2.28. The number of aromatic nitrogens is 6. The molecule has 136 valence electrons. The van der Waals surface area contributed by atoms with Gasteiger partial charge in [-0.05, 0) is 31.7 Å². The fourth-order valence-electron chi connectivity index (χ4n) is 3.38. The molecule has 8 nitrogen and oxygen atoms in total. The van der Waals surface area contributed by atoms with Crippen molar-refractivity contribution in [1.29, 1.82) is 0 Å². The fourth-order valence-corrected chi connectivity index (χ4v) is 3.38. The lowest BCUT2D eigenvalue weighted by Crippen LogP contribution is -2.25. The number of rotatable bonds is 2. The van der Waals surface area contributed by atoms with Gasteiger partial charge in [-0.1, -0.05) is 0 Å². The summed E-state index contributed by atoms with van der Waals surface area (Å²) in [5.41, 5.74) is 0.498. The number of nitrogens with one attached hydrogen (secondary N) is 2. The molecule has 0 bridgehead atoms. The van der Waals surface area contributed by atoms with Crippen molar-refractivity contribution in [2.45, 2.75) is 44.4 Å². The number of aromatic amines is 2. The summed E-state index contributed by atoms with van der Waals surface area (Å²) < 4.78 is 28.4. The van der Waals surface area contributed by atoms with Crippen molar-refractivity contribution >= 4 is 5.65 Å². The third-order valence-corrected chi connectivity index (χ3v) is 4.70. The van der Waals surface area contributed by atoms with Crippen LogP contribution in [0.4, 0.5) is 8.78 Å². The van der Waals surface area contributed by atoms with Crippen LogP contribution in [0.5, 0.6) is 0 Å². The first kappa shape index (κ1) is 16.6. The van der Waals surface area contributed by atoms with Gasteiger partial charge in [0.25, 0.3) is 5.56 Å². The summed E-state index contributed by atoms with van der Waals surface area (Å²) >= 11 is 0. The molecule has 1 fully saturated rings. The smallest absolute Gasteiger partial charge is 0.313 e. The standard InChI is InChI=1S/C16H16F2N6O2/c1-8-20-13-10(9-2-4-16(17,18)5-3-9)6-12(23-24(13)22-8)11-7-19-15(26)21-14(11)25/h6-7,9H,2-5H2,1H3,(H2,19,21,25,26). The Morgan fingerprint density at radius 1 is 1.23 bits per heavy atom. The average molecular weight is 362 g/mol. The van der Waals surface area contributed by atoms with Gasteiger partial charge in [0.15, 0.2) is 5.65 Å². The van der Waals surface area contributed by atoms with Crippen LogP contribution in [0, 0.1) is 6.92 Å². The van der Waals surface area contributed by atoms with Gasteiger partial charge in [0, 0.05) is 24.6 Å². The number of H-pyrrole nitrogens is 2. The number of aryl methyl sites for hydroxylation is 1. The molecule has 0 amide bonds. The Morgan fingerprint density at radius 3 is 2.65 bits per heavy atom. The minimum atomic E-state index is -2.64. The van der Waals surface area contributed by atoms with Crippen LogP contribution >= 0.6 is 0 Å². The van der Waals surface area contributed by atoms with Crippen LogP contribution < -0.4 is 11.2 Å². The van der Waals surface area contributed by atoms with Crippen molar-refractivity contribution in [3.63, 3.8) is 0 Å². The molecule has 1 aliphatic rings. The van der Waals surface area contributed by atoms with Gasteiger partial charge in [-0.3, -0.25) is 9.78 Å². The SMILES string of the molecule is Cc1nc2c(C3CCC(F)(F)CC3)cc(-c3c[nH]c(=O)[nH]c3=O)nn2n1. The predicted molar refractivity (Wildman–Crippen MR) is 88.4 cm³/mol. The second kappa shape index (κ2) is 5.82. The minimum Gasteiger partial charge on any atom is -0.313 e. The molecule has 0 saturated heterocycles. The van der Waals surface area contributed by atoms with Gasteiger partial charge in [0.1, 0.15) is 11.5 Å². The summed E-state index contributed by atoms with van der Waals surface area (Å²) in [5.74, 6) is -2.26. The zero-order valence-corrected chi connectivity index (χ0v) is 13.9. The highest BCUT2D eigenvalue weighted by molar-refractivity contribution is 5.61. The molecule has 3 aromatic heterocycles. The number of hydrogen-bond acceptors (Lipinski definition) is 5. The highest BCUT2D eigenvalue weighted by Crippen LogP contribution is 2.42. The fraction of sp³-hybridized carbons (Fsp3) is 0.438. The van der Waals surface area contributed by atoms with Crippen LogP contribution in [0.3, 0.4) is 0 Å². The first-order chi connectivity index (χ1) is 12.3. The van der Waals surface area contributed by atoms with Gasteiger partial charge in [-0.2, -0.15) is 0 Å². The van der Waals surface area contributed by atoms with Gasteiger partial charge in [-0.15, -0.1) is 14.8 Å². The molecule has 1 aliphatic carbocycles. The zero-order chi connectivity index (χ0) is 18.5. The number of alkyl halides is 2. The Hall–Kier alpha value is -2.91. The maximum atomic E-state index is 13.5. The first-order valence-corrected chi connectivity index (χ1v) is 8.27. The maximum absolute atomic E-state index is 13.5. The first-order valence-electron chi connectivity index (χ1n) is 8.27. The normalized spacial score (nSPS) is 17.7. The maximum Gasteiger partial charge on any atom is 0.325 e. The van der Waals surface area contributed by atoms with Gasteiger partial charge in [0.2, 0.25) is 5.92 Å². The van der Waals surface area contributed by atoms with E-state index < -0.39 is 17.2 Å². The number of halogens is 2. The number of fused-ring (bicyclic) bond motifs is 1. The average Bonchev–Trinajstić information content (AvgIpc) is 2.94. The van der Waals surface area contributed by atoms with Crippen LogP contribution in [0.2, 0.25) is 0 Å². The molecule has 0 spiro atoms. The molecule has 26 heavy (non-hydrogen) atoms. The Balaban J connectivity index is 1.86. The highest BCUT2D eigenvalue weighted by Gasteiger charge is 2.36. The summed E-state index contributed by atoms with van der Waals surface area (Å²) in [5, 5.41) is 8.49. The van der Waals surface area contributed by atoms with E-state index in [-0.39, 0.29) is 24.3 Å². The van der Waals surface area contributed by atoms with Crippen molar-refractivity contribution in [3.05, 3.63) is 44.5 Å². The largest absolute Gasteiger partial charge is 0.325 e. The molecule has 0 aliphatic heterocycles. The van der Waals surface area contributed by atoms with Crippen molar-refractivity contribution < 1.29 is 8.78 Å². The van der Waals surface area contributed by atoms with Crippen molar-refractivity contribution in [1.82, 2.24) is 29.8 Å². The van der Waals surface area contributed by atoms with E-state index >= 15 is 0 Å². The lowest BCUT2D eigenvalue weighted by atomic mass is 9.82. The Bertz CT molecular complexity index is 1090. The molecule has 3 heterocycles. The topological polar surface area (TPSA) is 109 Å². The summed E-state index contributed by atoms with van der Waals surface area (Å²) in [6.07, 6.45) is 1.54. The monoisotopic (exact) mass is 362 g/mol. The molecule has 4 rings (SSSR count). The Labute approximate surface area is 145 Å². The highest BCUT2D eigenvalue weighted by atomic mass is 19.3. The van der Waals surface area contributed by atoms with Crippen LogP contribution in [0.1, 0.15) is 43.0 Å². The third kappa shape index (κ3) is 2.91. The molecule has 1 saturated carbocycles. The molecular formula is C16H16F2N6O2. The molecule has 3 aromatic rings. The summed E-state index contributed by atoms with van der Waals surface area (Å²) in [6, 6.07) is 1.68. The van der Waals surface area contributed by atoms with Gasteiger partial charge >= 0.3 is 5.69 Å². The number of hydrogen-bond donors (Lipinski definition) is 2. The van der Waals surface area contributed by atoms with E-state index in [4.69, 9.17) is 0 Å². The van der Waals surface area contributed by atoms with E-state index in [1.54, 1.807) is 13.0 Å². The summed E-state index contributed by atoms with van der Waals surface area (Å²) in [7, 11) is 0. The molecule has 0 aromatic carbocycles. The Morgan fingerprint density at radius 2 is 1.96 bits per heavy atom. The van der Waals surface area contributed by atoms with Gasteiger partial charge in [-0.25, -0.2) is 18.6 Å². The minimum absolute atomic E-state index is 0.121. The third-order valence-electron chi connectivity index (χ3n) is 4.70. The van der Waals surface area contributed by atoms with E-state index in [0.29, 0.717) is 30.0 Å². The zero-order valence-electron chi connectivity index (χ0n) is 13.9. The molecule has 0 atom stereocenters. The van der Waals surface area contributed by atoms with E-state index in [9.17, 15) is 18.4 Å². The van der Waals surface area contributed by atoms with Gasteiger partial charge in [0.05, 0.1) is 5.56 Å². The predicted octanol–water partition coefficient (Wildman–Crippen LogP) is 1.77. The van der Waals surface area contributed by atoms with Crippen molar-refractivity contribution in [2.24, 2.45) is 0 Å². The van der Waals surface area contributed by atoms with Crippen LogP contribution in [0.25, 0.3) is 16.9 Å². The van der Waals surface area contributed by atoms with E-state index in [2.05, 4.69) is 25.1 Å². The molecular weight excluding hydrogens is 346 g/mol. The van der Waals surface area contributed by atoms with E-state index in [1.165, 1.54) is 10.8 Å². The summed E-state index contributed by atoms with van der Waals surface area (Å²) in [4.78, 5) is 32.2. The van der Waals surface area contributed by atoms with E-state index in [1.807, 2.05) is 0 Å². The van der Waals surface area contributed by atoms with E-state index in [0.717, 1.165) is 5.56 Å². The molecule has 0 unspecified atom stereocenters. The number of nitrogens with zero attached hydrogens (tertiary/aromatic N) is 4. The van der Waals surface area contributed by atoms with Crippen LogP contribution in [-0.2, 0) is 0 Å². The van der Waals surface area contributed by atoms with Crippen LogP contribution in [-0.4, -0.2) is 35.7 Å². The Kier molecular flexibility index (Phi) is 3.70. The molecule has 0 radical (unpaired) electrons. The van der Waals surface area contributed by atoms with Crippen molar-refractivity contribution in [2.75, 3.05) is 0 Å². The van der Waals surface area contributed by atoms with Crippen LogP contribution in [0.15, 0.2) is 21.9 Å². The molecule has 10 heteroatoms.